The molecule has 0 unspecified atom stereocenters. The van der Waals surface area contributed by atoms with Crippen molar-refractivity contribution in [2.75, 3.05) is 6.54 Å². The van der Waals surface area contributed by atoms with E-state index in [9.17, 15) is 0 Å². The van der Waals surface area contributed by atoms with Crippen LogP contribution in [0.2, 0.25) is 0 Å². The van der Waals surface area contributed by atoms with Crippen LogP contribution < -0.4 is 5.32 Å². The van der Waals surface area contributed by atoms with Crippen LogP contribution in [-0.4, -0.2) is 6.54 Å². The van der Waals surface area contributed by atoms with Crippen LogP contribution in [-0.2, 0) is 5.41 Å². The van der Waals surface area contributed by atoms with Crippen LogP contribution in [0.4, 0.5) is 0 Å². The van der Waals surface area contributed by atoms with Gasteiger partial charge in [0.05, 0.1) is 0 Å². The molecule has 0 spiro atoms. The predicted octanol–water partition coefficient (Wildman–Crippen LogP) is 3.24. The van der Waals surface area contributed by atoms with Gasteiger partial charge in [-0.1, -0.05) is 43.7 Å². The number of rotatable bonds is 0. The molecule has 0 fully saturated rings. The molecule has 15 heavy (non-hydrogen) atoms. The van der Waals surface area contributed by atoms with E-state index < -0.39 is 0 Å². The summed E-state index contributed by atoms with van der Waals surface area (Å²) in [5.74, 6) is 0. The number of allylic oxidation sites excluding steroid dienone is 1. The van der Waals surface area contributed by atoms with Crippen LogP contribution in [0.5, 0.6) is 0 Å². The minimum atomic E-state index is 0.230. The zero-order valence-electron chi connectivity index (χ0n) is 10.0. The first kappa shape index (κ1) is 10.3. The highest BCUT2D eigenvalue weighted by atomic mass is 14.9. The molecular formula is C14H19N. The Balaban J connectivity index is 2.64. The standard InChI is InChI=1S/C14H19N/c1-5-13-11-7-6-10(2)8-12(11)14(3,4)9-15-13/h5-8,15H,9H2,1-4H3/b13-5+. The molecule has 1 aromatic rings. The molecule has 1 nitrogen and oxygen atoms in total. The maximum atomic E-state index is 3.50. The quantitative estimate of drug-likeness (QED) is 0.679. The van der Waals surface area contributed by atoms with Gasteiger partial charge in [0, 0.05) is 23.2 Å². The van der Waals surface area contributed by atoms with Gasteiger partial charge in [-0.15, -0.1) is 0 Å². The summed E-state index contributed by atoms with van der Waals surface area (Å²) in [5, 5.41) is 3.50. The number of aryl methyl sites for hydroxylation is 1. The smallest absolute Gasteiger partial charge is 0.0373 e. The van der Waals surface area contributed by atoms with Crippen LogP contribution in [0, 0.1) is 6.92 Å². The summed E-state index contributed by atoms with van der Waals surface area (Å²) < 4.78 is 0. The van der Waals surface area contributed by atoms with Crippen molar-refractivity contribution in [1.82, 2.24) is 5.32 Å². The molecule has 0 aliphatic carbocycles. The lowest BCUT2D eigenvalue weighted by Crippen LogP contribution is -2.37. The number of benzene rings is 1. The Morgan fingerprint density at radius 2 is 2.07 bits per heavy atom. The topological polar surface area (TPSA) is 12.0 Å². The van der Waals surface area contributed by atoms with Crippen molar-refractivity contribution in [2.24, 2.45) is 0 Å². The van der Waals surface area contributed by atoms with Crippen LogP contribution in [0.1, 0.15) is 37.5 Å². The Kier molecular flexibility index (Phi) is 2.34. The van der Waals surface area contributed by atoms with E-state index in [0.29, 0.717) is 0 Å². The zero-order valence-corrected chi connectivity index (χ0v) is 10.0. The summed E-state index contributed by atoms with van der Waals surface area (Å²) in [6.45, 7) is 9.86. The Morgan fingerprint density at radius 3 is 2.73 bits per heavy atom. The SMILES string of the molecule is C/C=C1/NCC(C)(C)c2cc(C)ccc21. The summed E-state index contributed by atoms with van der Waals surface area (Å²) in [7, 11) is 0. The molecule has 2 rings (SSSR count). The average molecular weight is 201 g/mol. The van der Waals surface area contributed by atoms with E-state index in [4.69, 9.17) is 0 Å². The Morgan fingerprint density at radius 1 is 1.33 bits per heavy atom. The molecular weight excluding hydrogens is 182 g/mol. The summed E-state index contributed by atoms with van der Waals surface area (Å²) >= 11 is 0. The second-order valence-electron chi connectivity index (χ2n) is 4.99. The van der Waals surface area contributed by atoms with E-state index in [-0.39, 0.29) is 5.41 Å². The van der Waals surface area contributed by atoms with Crippen molar-refractivity contribution in [3.05, 3.63) is 41.0 Å². The highest BCUT2D eigenvalue weighted by Gasteiger charge is 2.28. The zero-order chi connectivity index (χ0) is 11.1. The first-order valence-electron chi connectivity index (χ1n) is 5.56. The van der Waals surface area contributed by atoms with E-state index >= 15 is 0 Å². The molecule has 80 valence electrons. The van der Waals surface area contributed by atoms with Crippen molar-refractivity contribution < 1.29 is 0 Å². The second kappa shape index (κ2) is 3.41. The first-order valence-corrected chi connectivity index (χ1v) is 5.56. The Hall–Kier alpha value is -1.24. The van der Waals surface area contributed by atoms with Gasteiger partial charge in [0.2, 0.25) is 0 Å². The third kappa shape index (κ3) is 1.67. The number of fused-ring (bicyclic) bond motifs is 1. The van der Waals surface area contributed by atoms with Crippen molar-refractivity contribution in [3.63, 3.8) is 0 Å². The fourth-order valence-corrected chi connectivity index (χ4v) is 2.22. The number of nitrogens with one attached hydrogen (secondary N) is 1. The fraction of sp³-hybridized carbons (Fsp3) is 0.429. The second-order valence-corrected chi connectivity index (χ2v) is 4.99. The number of hydrogen-bond acceptors (Lipinski definition) is 1. The molecule has 0 saturated heterocycles. The van der Waals surface area contributed by atoms with E-state index in [2.05, 4.69) is 57.3 Å². The Bertz CT molecular complexity index is 413. The van der Waals surface area contributed by atoms with E-state index in [1.54, 1.807) is 0 Å². The highest BCUT2D eigenvalue weighted by Crippen LogP contribution is 2.34. The Labute approximate surface area is 92.2 Å². The minimum Gasteiger partial charge on any atom is -0.384 e. The van der Waals surface area contributed by atoms with Gasteiger partial charge in [0.1, 0.15) is 0 Å². The average Bonchev–Trinajstić information content (AvgIpc) is 2.19. The highest BCUT2D eigenvalue weighted by molar-refractivity contribution is 5.70. The van der Waals surface area contributed by atoms with Crippen molar-refractivity contribution in [2.45, 2.75) is 33.1 Å². The van der Waals surface area contributed by atoms with Gasteiger partial charge in [-0.2, -0.15) is 0 Å². The third-order valence-corrected chi connectivity index (χ3v) is 3.20. The maximum Gasteiger partial charge on any atom is 0.0373 e. The third-order valence-electron chi connectivity index (χ3n) is 3.20. The summed E-state index contributed by atoms with van der Waals surface area (Å²) in [4.78, 5) is 0. The van der Waals surface area contributed by atoms with Crippen LogP contribution >= 0.6 is 0 Å². The van der Waals surface area contributed by atoms with Gasteiger partial charge in [0.15, 0.2) is 0 Å². The summed E-state index contributed by atoms with van der Waals surface area (Å²) in [5.41, 5.74) is 5.67. The molecule has 1 aromatic carbocycles. The predicted molar refractivity (Wildman–Crippen MR) is 65.9 cm³/mol. The molecule has 0 aromatic heterocycles. The molecule has 1 aliphatic heterocycles. The van der Waals surface area contributed by atoms with Gasteiger partial charge in [-0.05, 0) is 19.4 Å². The number of hydrogen-bond donors (Lipinski definition) is 1. The van der Waals surface area contributed by atoms with Crippen molar-refractivity contribution in [3.8, 4) is 0 Å². The van der Waals surface area contributed by atoms with E-state index in [1.165, 1.54) is 22.4 Å². The molecule has 0 saturated carbocycles. The first-order chi connectivity index (χ1) is 7.04. The molecule has 1 N–H and O–H groups in total. The maximum absolute atomic E-state index is 3.50. The summed E-state index contributed by atoms with van der Waals surface area (Å²) in [6, 6.07) is 6.74. The van der Waals surface area contributed by atoms with Crippen LogP contribution in [0.25, 0.3) is 5.70 Å². The fourth-order valence-electron chi connectivity index (χ4n) is 2.22. The molecule has 1 heterocycles. The monoisotopic (exact) mass is 201 g/mol. The lowest BCUT2D eigenvalue weighted by atomic mass is 9.77. The van der Waals surface area contributed by atoms with Crippen molar-refractivity contribution in [1.29, 1.82) is 0 Å². The molecule has 0 radical (unpaired) electrons. The molecule has 1 aliphatic rings. The minimum absolute atomic E-state index is 0.230. The molecule has 0 amide bonds. The van der Waals surface area contributed by atoms with Gasteiger partial charge < -0.3 is 5.32 Å². The molecule has 1 heteroatoms. The lowest BCUT2D eigenvalue weighted by Gasteiger charge is -2.35. The molecule has 0 bridgehead atoms. The van der Waals surface area contributed by atoms with E-state index in [1.807, 2.05) is 0 Å². The van der Waals surface area contributed by atoms with Gasteiger partial charge in [-0.25, -0.2) is 0 Å². The van der Waals surface area contributed by atoms with Crippen LogP contribution in [0.15, 0.2) is 24.3 Å². The van der Waals surface area contributed by atoms with Crippen LogP contribution in [0.3, 0.4) is 0 Å². The summed E-state index contributed by atoms with van der Waals surface area (Å²) in [6.07, 6.45) is 2.16. The normalized spacial score (nSPS) is 20.9. The van der Waals surface area contributed by atoms with Crippen molar-refractivity contribution >= 4 is 5.70 Å². The van der Waals surface area contributed by atoms with E-state index in [0.717, 1.165) is 6.54 Å². The molecule has 0 atom stereocenters. The van der Waals surface area contributed by atoms with Gasteiger partial charge >= 0.3 is 0 Å². The largest absolute Gasteiger partial charge is 0.384 e. The lowest BCUT2D eigenvalue weighted by molar-refractivity contribution is 0.492. The van der Waals surface area contributed by atoms with Gasteiger partial charge in [0.25, 0.3) is 0 Å². The van der Waals surface area contributed by atoms with Gasteiger partial charge in [-0.3, -0.25) is 0 Å².